The molecule has 1 atom stereocenters. The number of carbonyl (C=O) groups excluding carboxylic acids is 1. The Morgan fingerprint density at radius 1 is 1.31 bits per heavy atom. The summed E-state index contributed by atoms with van der Waals surface area (Å²) in [6.07, 6.45) is 1.72. The Morgan fingerprint density at radius 3 is 2.83 bits per heavy atom. The second-order valence-corrected chi connectivity index (χ2v) is 8.48. The summed E-state index contributed by atoms with van der Waals surface area (Å²) in [7, 11) is 0. The number of urea groups is 1. The van der Waals surface area contributed by atoms with Crippen LogP contribution in [-0.4, -0.2) is 58.8 Å². The minimum atomic E-state index is -0.153. The standard InChI is InChI=1S/C20H22ClN5O2S/c1-13(12-27)14-4-5-16-17(11-14)29-19(23-16)24-20(28)26-9-7-25(8-10-26)18-15(21)3-2-6-22-18/h2-6,11,13,27H,7-10,12H2,1H3,(H,23,24,28). The van der Waals surface area contributed by atoms with Crippen LogP contribution in [0.2, 0.25) is 5.02 Å². The second-order valence-electron chi connectivity index (χ2n) is 7.04. The van der Waals surface area contributed by atoms with Crippen LogP contribution in [0.15, 0.2) is 36.5 Å². The lowest BCUT2D eigenvalue weighted by atomic mass is 10.0. The number of amides is 2. The fraction of sp³-hybridized carbons (Fsp3) is 0.350. The highest BCUT2D eigenvalue weighted by molar-refractivity contribution is 7.22. The first-order chi connectivity index (χ1) is 14.0. The third-order valence-electron chi connectivity index (χ3n) is 5.07. The molecular weight excluding hydrogens is 410 g/mol. The Bertz CT molecular complexity index is 1020. The molecular formula is C20H22ClN5O2S. The first kappa shape index (κ1) is 19.9. The van der Waals surface area contributed by atoms with Gasteiger partial charge >= 0.3 is 6.03 Å². The number of aromatic nitrogens is 2. The molecule has 152 valence electrons. The molecule has 0 spiro atoms. The number of hydrogen-bond acceptors (Lipinski definition) is 6. The third-order valence-corrected chi connectivity index (χ3v) is 6.30. The Morgan fingerprint density at radius 2 is 2.10 bits per heavy atom. The number of anilines is 2. The van der Waals surface area contributed by atoms with E-state index in [-0.39, 0.29) is 18.6 Å². The van der Waals surface area contributed by atoms with Crippen molar-refractivity contribution < 1.29 is 9.90 Å². The van der Waals surface area contributed by atoms with Gasteiger partial charge in [-0.05, 0) is 29.8 Å². The van der Waals surface area contributed by atoms with Gasteiger partial charge in [-0.15, -0.1) is 0 Å². The Kier molecular flexibility index (Phi) is 5.84. The maximum absolute atomic E-state index is 12.7. The smallest absolute Gasteiger partial charge is 0.323 e. The molecule has 9 heteroatoms. The normalized spacial score (nSPS) is 15.6. The number of nitrogens with zero attached hydrogens (tertiary/aromatic N) is 4. The van der Waals surface area contributed by atoms with Crippen LogP contribution in [0.4, 0.5) is 15.7 Å². The van der Waals surface area contributed by atoms with Crippen LogP contribution in [0.5, 0.6) is 0 Å². The Balaban J connectivity index is 1.39. The molecule has 3 heterocycles. The molecule has 1 aliphatic rings. The molecule has 1 aromatic carbocycles. The van der Waals surface area contributed by atoms with Crippen LogP contribution in [-0.2, 0) is 0 Å². The van der Waals surface area contributed by atoms with E-state index in [4.69, 9.17) is 11.6 Å². The van der Waals surface area contributed by atoms with Crippen LogP contribution in [0.25, 0.3) is 10.2 Å². The minimum absolute atomic E-state index is 0.0726. The number of carbonyl (C=O) groups is 1. The number of hydrogen-bond donors (Lipinski definition) is 2. The van der Waals surface area contributed by atoms with Crippen molar-refractivity contribution in [3.8, 4) is 0 Å². The molecule has 29 heavy (non-hydrogen) atoms. The summed E-state index contributed by atoms with van der Waals surface area (Å²) in [4.78, 5) is 25.4. The average Bonchev–Trinajstić information content (AvgIpc) is 3.15. The lowest BCUT2D eigenvalue weighted by molar-refractivity contribution is 0.208. The lowest BCUT2D eigenvalue weighted by Gasteiger charge is -2.35. The maximum atomic E-state index is 12.7. The monoisotopic (exact) mass is 431 g/mol. The van der Waals surface area contributed by atoms with Gasteiger partial charge in [0, 0.05) is 44.9 Å². The predicted molar refractivity (Wildman–Crippen MR) is 117 cm³/mol. The molecule has 1 aliphatic heterocycles. The molecule has 0 saturated carbocycles. The minimum Gasteiger partial charge on any atom is -0.396 e. The van der Waals surface area contributed by atoms with E-state index >= 15 is 0 Å². The summed E-state index contributed by atoms with van der Waals surface area (Å²) in [5, 5.41) is 13.5. The zero-order valence-corrected chi connectivity index (χ0v) is 17.6. The molecule has 2 aromatic heterocycles. The zero-order chi connectivity index (χ0) is 20.4. The molecule has 2 amide bonds. The van der Waals surface area contributed by atoms with Crippen molar-refractivity contribution >= 4 is 50.1 Å². The van der Waals surface area contributed by atoms with Gasteiger partial charge in [0.05, 0.1) is 15.2 Å². The van der Waals surface area contributed by atoms with Crippen molar-refractivity contribution in [2.45, 2.75) is 12.8 Å². The molecule has 1 saturated heterocycles. The van der Waals surface area contributed by atoms with E-state index in [1.165, 1.54) is 11.3 Å². The van der Waals surface area contributed by atoms with Gasteiger partial charge < -0.3 is 14.9 Å². The Labute approximate surface area is 177 Å². The molecule has 2 N–H and O–H groups in total. The first-order valence-corrected chi connectivity index (χ1v) is 10.7. The average molecular weight is 432 g/mol. The summed E-state index contributed by atoms with van der Waals surface area (Å²) in [5.74, 6) is 0.830. The van der Waals surface area contributed by atoms with E-state index < -0.39 is 0 Å². The summed E-state index contributed by atoms with van der Waals surface area (Å²) >= 11 is 7.67. The Hall–Kier alpha value is -2.42. The zero-order valence-electron chi connectivity index (χ0n) is 16.0. The number of fused-ring (bicyclic) bond motifs is 1. The van der Waals surface area contributed by atoms with Gasteiger partial charge in [-0.1, -0.05) is 35.9 Å². The van der Waals surface area contributed by atoms with E-state index in [1.807, 2.05) is 31.2 Å². The number of pyridine rings is 1. The third kappa shape index (κ3) is 4.29. The van der Waals surface area contributed by atoms with E-state index in [9.17, 15) is 9.90 Å². The van der Waals surface area contributed by atoms with Gasteiger partial charge in [0.2, 0.25) is 0 Å². The molecule has 0 bridgehead atoms. The van der Waals surface area contributed by atoms with Crippen molar-refractivity contribution in [3.63, 3.8) is 0 Å². The molecule has 0 radical (unpaired) electrons. The number of piperazine rings is 1. The van der Waals surface area contributed by atoms with Gasteiger partial charge in [-0.25, -0.2) is 14.8 Å². The number of rotatable bonds is 4. The number of nitrogens with one attached hydrogen (secondary N) is 1. The van der Waals surface area contributed by atoms with E-state index in [0.717, 1.165) is 21.6 Å². The molecule has 1 unspecified atom stereocenters. The fourth-order valence-corrected chi connectivity index (χ4v) is 4.45. The van der Waals surface area contributed by atoms with Gasteiger partial charge in [-0.3, -0.25) is 5.32 Å². The van der Waals surface area contributed by atoms with E-state index in [1.54, 1.807) is 17.2 Å². The predicted octanol–water partition coefficient (Wildman–Crippen LogP) is 3.79. The van der Waals surface area contributed by atoms with Crippen molar-refractivity contribution in [2.24, 2.45) is 0 Å². The quantitative estimate of drug-likeness (QED) is 0.656. The molecule has 3 aromatic rings. The second kappa shape index (κ2) is 8.52. The highest BCUT2D eigenvalue weighted by atomic mass is 35.5. The lowest BCUT2D eigenvalue weighted by Crippen LogP contribution is -2.50. The summed E-state index contributed by atoms with van der Waals surface area (Å²) in [5.41, 5.74) is 1.90. The largest absolute Gasteiger partial charge is 0.396 e. The van der Waals surface area contributed by atoms with Crippen molar-refractivity contribution in [2.75, 3.05) is 43.0 Å². The maximum Gasteiger partial charge on any atom is 0.323 e. The number of thiazole rings is 1. The first-order valence-electron chi connectivity index (χ1n) is 9.48. The van der Waals surface area contributed by atoms with Crippen LogP contribution in [0.3, 0.4) is 0 Å². The van der Waals surface area contributed by atoms with Crippen LogP contribution in [0.1, 0.15) is 18.4 Å². The van der Waals surface area contributed by atoms with Crippen LogP contribution >= 0.6 is 22.9 Å². The van der Waals surface area contributed by atoms with Crippen LogP contribution in [0, 0.1) is 0 Å². The number of aliphatic hydroxyl groups excluding tert-OH is 1. The van der Waals surface area contributed by atoms with Crippen molar-refractivity contribution in [1.82, 2.24) is 14.9 Å². The van der Waals surface area contributed by atoms with E-state index in [2.05, 4.69) is 20.2 Å². The van der Waals surface area contributed by atoms with Gasteiger partial charge in [-0.2, -0.15) is 0 Å². The molecule has 0 aliphatic carbocycles. The fourth-order valence-electron chi connectivity index (χ4n) is 3.31. The van der Waals surface area contributed by atoms with Crippen molar-refractivity contribution in [1.29, 1.82) is 0 Å². The summed E-state index contributed by atoms with van der Waals surface area (Å²) in [6, 6.07) is 9.40. The summed E-state index contributed by atoms with van der Waals surface area (Å²) in [6.45, 7) is 4.59. The number of benzene rings is 1. The number of halogens is 1. The molecule has 4 rings (SSSR count). The van der Waals surface area contributed by atoms with Gasteiger partial charge in [0.1, 0.15) is 5.82 Å². The topological polar surface area (TPSA) is 81.6 Å². The van der Waals surface area contributed by atoms with Gasteiger partial charge in [0.15, 0.2) is 5.13 Å². The van der Waals surface area contributed by atoms with E-state index in [0.29, 0.717) is 36.3 Å². The van der Waals surface area contributed by atoms with Crippen LogP contribution < -0.4 is 10.2 Å². The van der Waals surface area contributed by atoms with Crippen molar-refractivity contribution in [3.05, 3.63) is 47.1 Å². The highest BCUT2D eigenvalue weighted by Crippen LogP contribution is 2.29. The molecule has 7 nitrogen and oxygen atoms in total. The number of aliphatic hydroxyl groups is 1. The SMILES string of the molecule is CC(CO)c1ccc2nc(NC(=O)N3CCN(c4ncccc4Cl)CC3)sc2c1. The highest BCUT2D eigenvalue weighted by Gasteiger charge is 2.23. The molecule has 1 fully saturated rings. The van der Waals surface area contributed by atoms with Gasteiger partial charge in [0.25, 0.3) is 0 Å². The summed E-state index contributed by atoms with van der Waals surface area (Å²) < 4.78 is 0.993.